The van der Waals surface area contributed by atoms with Gasteiger partial charge in [-0.25, -0.2) is 4.79 Å². The Morgan fingerprint density at radius 3 is 2.70 bits per heavy atom. The molecular weight excluding hydrogens is 132 g/mol. The summed E-state index contributed by atoms with van der Waals surface area (Å²) in [4.78, 5) is 10.5. The Morgan fingerprint density at radius 2 is 2.40 bits per heavy atom. The van der Waals surface area contributed by atoms with Gasteiger partial charge in [0.2, 0.25) is 0 Å². The molecule has 0 heterocycles. The molecule has 1 saturated carbocycles. The number of aliphatic hydroxyl groups is 1. The van der Waals surface area contributed by atoms with Crippen molar-refractivity contribution in [2.75, 3.05) is 0 Å². The highest BCUT2D eigenvalue weighted by atomic mass is 16.6. The van der Waals surface area contributed by atoms with Crippen LogP contribution in [0.3, 0.4) is 0 Å². The lowest BCUT2D eigenvalue weighted by atomic mass is 9.92. The first-order valence-electron chi connectivity index (χ1n) is 3.25. The van der Waals surface area contributed by atoms with Crippen LogP contribution in [0.4, 0.5) is 0 Å². The van der Waals surface area contributed by atoms with E-state index in [-0.39, 0.29) is 6.10 Å². The first-order valence-corrected chi connectivity index (χ1v) is 3.25. The summed E-state index contributed by atoms with van der Waals surface area (Å²) < 4.78 is 4.74. The van der Waals surface area contributed by atoms with Gasteiger partial charge >= 0.3 is 5.97 Å². The molecule has 0 radical (unpaired) electrons. The summed E-state index contributed by atoms with van der Waals surface area (Å²) in [6, 6.07) is 0. The van der Waals surface area contributed by atoms with Crippen molar-refractivity contribution in [2.24, 2.45) is 0 Å². The molecule has 0 aromatic carbocycles. The number of hydrogen-bond donors (Lipinski definition) is 1. The van der Waals surface area contributed by atoms with Crippen LogP contribution in [0.5, 0.6) is 0 Å². The van der Waals surface area contributed by atoms with E-state index in [0.29, 0.717) is 0 Å². The molecule has 56 valence electrons. The van der Waals surface area contributed by atoms with E-state index in [0.717, 1.165) is 18.9 Å². The molecule has 1 rings (SSSR count). The molecule has 2 unspecified atom stereocenters. The van der Waals surface area contributed by atoms with Crippen LogP contribution in [0.25, 0.3) is 0 Å². The Kier molecular flexibility index (Phi) is 2.06. The van der Waals surface area contributed by atoms with E-state index < -0.39 is 12.1 Å². The second-order valence-corrected chi connectivity index (χ2v) is 2.32. The van der Waals surface area contributed by atoms with Gasteiger partial charge < -0.3 is 9.84 Å². The molecule has 1 aliphatic carbocycles. The van der Waals surface area contributed by atoms with E-state index in [1.165, 1.54) is 0 Å². The van der Waals surface area contributed by atoms with Gasteiger partial charge in [-0.05, 0) is 12.8 Å². The lowest BCUT2D eigenvalue weighted by Crippen LogP contribution is -2.40. The maximum absolute atomic E-state index is 10.5. The summed E-state index contributed by atoms with van der Waals surface area (Å²) in [7, 11) is 0. The molecule has 0 spiro atoms. The topological polar surface area (TPSA) is 46.5 Å². The number of carbonyl (C=O) groups excluding carboxylic acids is 1. The van der Waals surface area contributed by atoms with Crippen molar-refractivity contribution in [1.29, 1.82) is 0 Å². The molecule has 2 atom stereocenters. The van der Waals surface area contributed by atoms with Gasteiger partial charge in [0.15, 0.2) is 0 Å². The Bertz CT molecular complexity index is 153. The minimum Gasteiger partial charge on any atom is -0.456 e. The number of hydrogen-bond acceptors (Lipinski definition) is 3. The second kappa shape index (κ2) is 2.84. The summed E-state index contributed by atoms with van der Waals surface area (Å²) in [5.74, 6) is -0.455. The molecular formula is C7H10O3. The highest BCUT2D eigenvalue weighted by Gasteiger charge is 2.31. The zero-order valence-electron chi connectivity index (χ0n) is 5.62. The minimum absolute atomic E-state index is 0.287. The van der Waals surface area contributed by atoms with Crippen molar-refractivity contribution in [3.05, 3.63) is 12.7 Å². The van der Waals surface area contributed by atoms with Gasteiger partial charge in [-0.2, -0.15) is 0 Å². The standard InChI is InChI=1S/C7H10O3/c1-2-7(9)10-6-4-3-5(6)8/h2,5-6,8H,1,3-4H2. The number of aliphatic hydroxyl groups excluding tert-OH is 1. The lowest BCUT2D eigenvalue weighted by Gasteiger charge is -2.30. The van der Waals surface area contributed by atoms with Gasteiger partial charge in [-0.15, -0.1) is 0 Å². The molecule has 1 fully saturated rings. The van der Waals surface area contributed by atoms with Gasteiger partial charge in [0.1, 0.15) is 6.10 Å². The van der Waals surface area contributed by atoms with Crippen molar-refractivity contribution >= 4 is 5.97 Å². The summed E-state index contributed by atoms with van der Waals surface area (Å²) in [5, 5.41) is 8.94. The molecule has 0 saturated heterocycles. The third-order valence-corrected chi connectivity index (χ3v) is 1.61. The molecule has 1 N–H and O–H groups in total. The first kappa shape index (κ1) is 7.28. The summed E-state index contributed by atoms with van der Waals surface area (Å²) in [5.41, 5.74) is 0. The predicted octanol–water partition coefficient (Wildman–Crippen LogP) is 0.239. The highest BCUT2D eigenvalue weighted by molar-refractivity contribution is 5.81. The number of rotatable bonds is 2. The van der Waals surface area contributed by atoms with Crippen LogP contribution in [0, 0.1) is 0 Å². The second-order valence-electron chi connectivity index (χ2n) is 2.32. The molecule has 0 aromatic rings. The van der Waals surface area contributed by atoms with Crippen LogP contribution in [0.2, 0.25) is 0 Å². The normalized spacial score (nSPS) is 30.5. The average molecular weight is 142 g/mol. The Labute approximate surface area is 59.3 Å². The quantitative estimate of drug-likeness (QED) is 0.443. The largest absolute Gasteiger partial charge is 0.456 e. The fraction of sp³-hybridized carbons (Fsp3) is 0.571. The SMILES string of the molecule is C=CC(=O)OC1CCC1O. The van der Waals surface area contributed by atoms with Gasteiger partial charge in [0.25, 0.3) is 0 Å². The Balaban J connectivity index is 2.25. The van der Waals surface area contributed by atoms with Gasteiger partial charge in [-0.1, -0.05) is 6.58 Å². The average Bonchev–Trinajstić information content (AvgIpc) is 1.96. The Hall–Kier alpha value is -0.830. The van der Waals surface area contributed by atoms with Crippen LogP contribution < -0.4 is 0 Å². The van der Waals surface area contributed by atoms with E-state index in [4.69, 9.17) is 9.84 Å². The lowest BCUT2D eigenvalue weighted by molar-refractivity contribution is -0.158. The van der Waals surface area contributed by atoms with Gasteiger partial charge in [-0.3, -0.25) is 0 Å². The predicted molar refractivity (Wildman–Crippen MR) is 35.3 cm³/mol. The summed E-state index contributed by atoms with van der Waals surface area (Å²) >= 11 is 0. The fourth-order valence-electron chi connectivity index (χ4n) is 0.787. The van der Waals surface area contributed by atoms with E-state index in [9.17, 15) is 4.79 Å². The van der Waals surface area contributed by atoms with Crippen molar-refractivity contribution in [3.63, 3.8) is 0 Å². The number of carbonyl (C=O) groups is 1. The maximum atomic E-state index is 10.5. The van der Waals surface area contributed by atoms with Crippen LogP contribution in [0.1, 0.15) is 12.8 Å². The number of ether oxygens (including phenoxy) is 1. The van der Waals surface area contributed by atoms with Gasteiger partial charge in [0.05, 0.1) is 6.10 Å². The zero-order valence-corrected chi connectivity index (χ0v) is 5.62. The molecule has 0 bridgehead atoms. The third kappa shape index (κ3) is 1.36. The van der Waals surface area contributed by atoms with E-state index in [1.54, 1.807) is 0 Å². The maximum Gasteiger partial charge on any atom is 0.330 e. The molecule has 1 aliphatic rings. The van der Waals surface area contributed by atoms with E-state index in [1.807, 2.05) is 0 Å². The Morgan fingerprint density at radius 1 is 1.70 bits per heavy atom. The fourth-order valence-corrected chi connectivity index (χ4v) is 0.787. The summed E-state index contributed by atoms with van der Waals surface area (Å²) in [6.07, 6.45) is 1.86. The van der Waals surface area contributed by atoms with Gasteiger partial charge in [0, 0.05) is 6.08 Å². The molecule has 0 aromatic heterocycles. The van der Waals surface area contributed by atoms with Crippen molar-refractivity contribution in [3.8, 4) is 0 Å². The third-order valence-electron chi connectivity index (χ3n) is 1.61. The van der Waals surface area contributed by atoms with Crippen LogP contribution in [0.15, 0.2) is 12.7 Å². The molecule has 0 aliphatic heterocycles. The van der Waals surface area contributed by atoms with Crippen LogP contribution in [-0.2, 0) is 9.53 Å². The smallest absolute Gasteiger partial charge is 0.330 e. The monoisotopic (exact) mass is 142 g/mol. The van der Waals surface area contributed by atoms with Crippen molar-refractivity contribution < 1.29 is 14.6 Å². The zero-order chi connectivity index (χ0) is 7.56. The van der Waals surface area contributed by atoms with E-state index in [2.05, 4.69) is 6.58 Å². The minimum atomic E-state index is -0.455. The van der Waals surface area contributed by atoms with Crippen molar-refractivity contribution in [1.82, 2.24) is 0 Å². The first-order chi connectivity index (χ1) is 4.74. The number of esters is 1. The van der Waals surface area contributed by atoms with Crippen LogP contribution in [-0.4, -0.2) is 23.3 Å². The van der Waals surface area contributed by atoms with Crippen LogP contribution >= 0.6 is 0 Å². The molecule has 3 nitrogen and oxygen atoms in total. The molecule has 3 heteroatoms. The van der Waals surface area contributed by atoms with E-state index >= 15 is 0 Å². The van der Waals surface area contributed by atoms with Crippen molar-refractivity contribution in [2.45, 2.75) is 25.0 Å². The molecule has 0 amide bonds. The molecule has 10 heavy (non-hydrogen) atoms. The highest BCUT2D eigenvalue weighted by Crippen LogP contribution is 2.22. The summed E-state index contributed by atoms with van der Waals surface area (Å²) in [6.45, 7) is 3.24.